The van der Waals surface area contributed by atoms with Gasteiger partial charge in [-0.25, -0.2) is 4.79 Å². The fraction of sp³-hybridized carbons (Fsp3) is 0.167. The molecule has 0 saturated heterocycles. The predicted octanol–water partition coefficient (Wildman–Crippen LogP) is 1.85. The van der Waals surface area contributed by atoms with Crippen LogP contribution in [0, 0.1) is 0 Å². The first-order valence-corrected chi connectivity index (χ1v) is 10.4. The fourth-order valence-electron chi connectivity index (χ4n) is 3.46. The molecule has 0 bridgehead atoms. The Hall–Kier alpha value is -4.44. The molecular formula is C24H22N4O6. The lowest BCUT2D eigenvalue weighted by Gasteiger charge is -2.15. The molecule has 10 heteroatoms. The minimum absolute atomic E-state index is 0.196. The molecule has 0 spiro atoms. The molecule has 4 rings (SSSR count). The van der Waals surface area contributed by atoms with Gasteiger partial charge in [0, 0.05) is 23.6 Å². The molecular weight excluding hydrogens is 440 g/mol. The van der Waals surface area contributed by atoms with Gasteiger partial charge in [-0.2, -0.15) is 5.10 Å². The second-order valence-corrected chi connectivity index (χ2v) is 7.45. The fourth-order valence-corrected chi connectivity index (χ4v) is 3.46. The first-order valence-electron chi connectivity index (χ1n) is 10.4. The van der Waals surface area contributed by atoms with Gasteiger partial charge < -0.3 is 24.9 Å². The minimum Gasteiger partial charge on any atom is -0.497 e. The van der Waals surface area contributed by atoms with Gasteiger partial charge in [0.05, 0.1) is 25.8 Å². The third-order valence-corrected chi connectivity index (χ3v) is 5.14. The molecule has 0 aliphatic heterocycles. The van der Waals surface area contributed by atoms with Gasteiger partial charge in [0.1, 0.15) is 17.4 Å². The Kier molecular flexibility index (Phi) is 6.69. The van der Waals surface area contributed by atoms with E-state index in [9.17, 15) is 19.5 Å². The average Bonchev–Trinajstić information content (AvgIpc) is 3.30. The van der Waals surface area contributed by atoms with E-state index < -0.39 is 30.1 Å². The third kappa shape index (κ3) is 5.13. The van der Waals surface area contributed by atoms with Crippen LogP contribution in [0.4, 0.5) is 5.82 Å². The maximum absolute atomic E-state index is 12.6. The Morgan fingerprint density at radius 3 is 2.68 bits per heavy atom. The topological polar surface area (TPSA) is 147 Å². The largest absolute Gasteiger partial charge is 0.497 e. The highest BCUT2D eigenvalue weighted by atomic mass is 16.5. The molecule has 4 N–H and O–H groups in total. The van der Waals surface area contributed by atoms with Crippen molar-refractivity contribution < 1.29 is 23.8 Å². The normalized spacial score (nSPS) is 11.7. The Balaban J connectivity index is 1.43. The lowest BCUT2D eigenvalue weighted by molar-refractivity contribution is -0.126. The molecule has 0 aliphatic rings. The Bertz CT molecular complexity index is 1380. The summed E-state index contributed by atoms with van der Waals surface area (Å²) >= 11 is 0. The van der Waals surface area contributed by atoms with Crippen molar-refractivity contribution in [2.45, 2.75) is 12.5 Å². The summed E-state index contributed by atoms with van der Waals surface area (Å²) in [6.45, 7) is -0.623. The molecule has 2 heterocycles. The van der Waals surface area contributed by atoms with Crippen LogP contribution >= 0.6 is 0 Å². The van der Waals surface area contributed by atoms with Crippen molar-refractivity contribution in [2.75, 3.05) is 19.0 Å². The van der Waals surface area contributed by atoms with Gasteiger partial charge in [0.25, 0.3) is 5.91 Å². The smallest absolute Gasteiger partial charge is 0.336 e. The van der Waals surface area contributed by atoms with E-state index in [4.69, 9.17) is 9.15 Å². The van der Waals surface area contributed by atoms with Crippen molar-refractivity contribution in [3.63, 3.8) is 0 Å². The number of carbonyl (C=O) groups is 2. The number of amides is 2. The van der Waals surface area contributed by atoms with Crippen LogP contribution in [-0.4, -0.2) is 46.9 Å². The van der Waals surface area contributed by atoms with E-state index in [0.29, 0.717) is 22.4 Å². The number of carbonyl (C=O) groups excluding carboxylic acids is 2. The molecule has 1 atom stereocenters. The summed E-state index contributed by atoms with van der Waals surface area (Å²) in [5, 5.41) is 22.2. The molecule has 4 aromatic rings. The summed E-state index contributed by atoms with van der Waals surface area (Å²) in [7, 11) is 1.49. The van der Waals surface area contributed by atoms with E-state index in [0.717, 1.165) is 5.56 Å². The average molecular weight is 462 g/mol. The monoisotopic (exact) mass is 462 g/mol. The van der Waals surface area contributed by atoms with Gasteiger partial charge in [0.2, 0.25) is 5.91 Å². The van der Waals surface area contributed by atoms with Crippen LogP contribution in [0.1, 0.15) is 5.56 Å². The first kappa shape index (κ1) is 22.7. The van der Waals surface area contributed by atoms with Gasteiger partial charge >= 0.3 is 5.63 Å². The van der Waals surface area contributed by atoms with Crippen LogP contribution in [0.5, 0.6) is 5.75 Å². The number of aromatic amines is 1. The second-order valence-electron chi connectivity index (χ2n) is 7.45. The van der Waals surface area contributed by atoms with Gasteiger partial charge in [-0.1, -0.05) is 30.3 Å². The predicted molar refractivity (Wildman–Crippen MR) is 124 cm³/mol. The zero-order chi connectivity index (χ0) is 24.1. The molecule has 0 aliphatic carbocycles. The van der Waals surface area contributed by atoms with Crippen LogP contribution in [0.25, 0.3) is 22.2 Å². The molecule has 2 aromatic carbocycles. The highest BCUT2D eigenvalue weighted by molar-refractivity contribution is 5.97. The number of hydrogen-bond acceptors (Lipinski definition) is 7. The number of aromatic nitrogens is 2. The van der Waals surface area contributed by atoms with E-state index in [2.05, 4.69) is 20.8 Å². The minimum atomic E-state index is -1.21. The number of nitrogens with one attached hydrogen (secondary N) is 3. The van der Waals surface area contributed by atoms with Crippen molar-refractivity contribution in [3.8, 4) is 17.0 Å². The Morgan fingerprint density at radius 1 is 1.15 bits per heavy atom. The molecule has 10 nitrogen and oxygen atoms in total. The Labute approximate surface area is 193 Å². The van der Waals surface area contributed by atoms with E-state index >= 15 is 0 Å². The van der Waals surface area contributed by atoms with Crippen LogP contribution in [0.2, 0.25) is 0 Å². The second kappa shape index (κ2) is 10.0. The number of hydrogen-bond donors (Lipinski definition) is 4. The first-order chi connectivity index (χ1) is 16.5. The van der Waals surface area contributed by atoms with Crippen LogP contribution in [0.15, 0.2) is 69.9 Å². The number of methoxy groups -OCH3 is 1. The SMILES string of the molecule is COc1ccc2c(CC(=O)N[C@@H](CO)C(=O)Nc3cc(-c4ccccc4)[nH]n3)cc(=O)oc2c1. The molecule has 2 amide bonds. The number of aliphatic hydroxyl groups excluding tert-OH is 1. The number of aliphatic hydroxyl groups is 1. The van der Waals surface area contributed by atoms with E-state index in [1.165, 1.54) is 13.2 Å². The van der Waals surface area contributed by atoms with Crippen LogP contribution in [-0.2, 0) is 16.0 Å². The van der Waals surface area contributed by atoms with Crippen molar-refractivity contribution >= 4 is 28.6 Å². The van der Waals surface area contributed by atoms with E-state index in [-0.39, 0.29) is 17.8 Å². The van der Waals surface area contributed by atoms with Crippen LogP contribution < -0.4 is 21.0 Å². The summed E-state index contributed by atoms with van der Waals surface area (Å²) in [6.07, 6.45) is -0.196. The van der Waals surface area contributed by atoms with E-state index in [1.807, 2.05) is 30.3 Å². The molecule has 34 heavy (non-hydrogen) atoms. The molecule has 0 unspecified atom stereocenters. The highest BCUT2D eigenvalue weighted by Gasteiger charge is 2.22. The van der Waals surface area contributed by atoms with Gasteiger partial charge in [-0.15, -0.1) is 0 Å². The zero-order valence-electron chi connectivity index (χ0n) is 18.2. The number of nitrogens with zero attached hydrogens (tertiary/aromatic N) is 1. The number of ether oxygens (including phenoxy) is 1. The maximum Gasteiger partial charge on any atom is 0.336 e. The maximum atomic E-state index is 12.6. The number of rotatable bonds is 8. The van der Waals surface area contributed by atoms with Crippen molar-refractivity contribution in [1.82, 2.24) is 15.5 Å². The van der Waals surface area contributed by atoms with Gasteiger partial charge in [-0.05, 0) is 23.3 Å². The highest BCUT2D eigenvalue weighted by Crippen LogP contribution is 2.23. The van der Waals surface area contributed by atoms with E-state index in [1.54, 1.807) is 24.3 Å². The van der Waals surface area contributed by atoms with Crippen molar-refractivity contribution in [1.29, 1.82) is 0 Å². The van der Waals surface area contributed by atoms with Crippen molar-refractivity contribution in [2.24, 2.45) is 0 Å². The third-order valence-electron chi connectivity index (χ3n) is 5.14. The number of H-pyrrole nitrogens is 1. The number of fused-ring (bicyclic) bond motifs is 1. The summed E-state index contributed by atoms with van der Waals surface area (Å²) in [5.74, 6) is -0.437. The van der Waals surface area contributed by atoms with Crippen LogP contribution in [0.3, 0.4) is 0 Å². The zero-order valence-corrected chi connectivity index (χ0v) is 18.2. The summed E-state index contributed by atoms with van der Waals surface area (Å²) in [6, 6.07) is 16.0. The van der Waals surface area contributed by atoms with Gasteiger partial charge in [-0.3, -0.25) is 14.7 Å². The molecule has 174 valence electrons. The summed E-state index contributed by atoms with van der Waals surface area (Å²) in [5.41, 5.74) is 1.67. The number of benzene rings is 2. The lowest BCUT2D eigenvalue weighted by atomic mass is 10.1. The Morgan fingerprint density at radius 2 is 1.94 bits per heavy atom. The number of anilines is 1. The summed E-state index contributed by atoms with van der Waals surface area (Å²) in [4.78, 5) is 37.1. The molecule has 0 saturated carbocycles. The van der Waals surface area contributed by atoms with Crippen molar-refractivity contribution in [3.05, 3.63) is 76.6 Å². The lowest BCUT2D eigenvalue weighted by Crippen LogP contribution is -2.46. The molecule has 2 aromatic heterocycles. The van der Waals surface area contributed by atoms with Gasteiger partial charge in [0.15, 0.2) is 5.82 Å². The summed E-state index contributed by atoms with van der Waals surface area (Å²) < 4.78 is 10.3. The quantitative estimate of drug-likeness (QED) is 0.292. The molecule has 0 radical (unpaired) electrons. The molecule has 0 fully saturated rings. The standard InChI is InChI=1S/C24H22N4O6/c1-33-16-7-8-17-15(10-23(31)34-20(17)11-16)9-22(30)25-19(13-29)24(32)26-21-12-18(27-28-21)14-5-3-2-4-6-14/h2-8,10-12,19,29H,9,13H2,1H3,(H,25,30)(H2,26,27,28,32)/t19-/m0/s1.